The van der Waals surface area contributed by atoms with E-state index in [1.807, 2.05) is 6.92 Å². The van der Waals surface area contributed by atoms with Crippen LogP contribution in [0.2, 0.25) is 0 Å². The van der Waals surface area contributed by atoms with Crippen molar-refractivity contribution in [2.24, 2.45) is 0 Å². The SMILES string of the molecule is Cc1noc(CNC2CCCNC2)n1. The first kappa shape index (κ1) is 9.61. The smallest absolute Gasteiger partial charge is 0.240 e. The van der Waals surface area contributed by atoms with E-state index in [0.29, 0.717) is 24.3 Å². The van der Waals surface area contributed by atoms with Gasteiger partial charge in [0.1, 0.15) is 0 Å². The third-order valence-corrected chi connectivity index (χ3v) is 2.41. The summed E-state index contributed by atoms with van der Waals surface area (Å²) in [4.78, 5) is 4.13. The number of piperidine rings is 1. The summed E-state index contributed by atoms with van der Waals surface area (Å²) in [6.45, 7) is 4.67. The Morgan fingerprint density at radius 3 is 3.21 bits per heavy atom. The molecule has 1 aromatic rings. The zero-order valence-corrected chi connectivity index (χ0v) is 8.42. The standard InChI is InChI=1S/C9H16N4O/c1-7-12-9(14-13-7)6-11-8-3-2-4-10-5-8/h8,10-11H,2-6H2,1H3. The van der Waals surface area contributed by atoms with Gasteiger partial charge in [-0.15, -0.1) is 0 Å². The maximum Gasteiger partial charge on any atom is 0.240 e. The number of rotatable bonds is 3. The van der Waals surface area contributed by atoms with Gasteiger partial charge in [-0.25, -0.2) is 0 Å². The minimum Gasteiger partial charge on any atom is -0.338 e. The summed E-state index contributed by atoms with van der Waals surface area (Å²) in [5.41, 5.74) is 0. The molecule has 1 aliphatic heterocycles. The minimum absolute atomic E-state index is 0.538. The summed E-state index contributed by atoms with van der Waals surface area (Å²) in [7, 11) is 0. The van der Waals surface area contributed by atoms with Crippen molar-refractivity contribution < 1.29 is 4.52 Å². The molecule has 2 rings (SSSR count). The third kappa shape index (κ3) is 2.52. The van der Waals surface area contributed by atoms with Gasteiger partial charge in [-0.05, 0) is 26.3 Å². The summed E-state index contributed by atoms with van der Waals surface area (Å²) in [6.07, 6.45) is 2.46. The van der Waals surface area contributed by atoms with Crippen molar-refractivity contribution >= 4 is 0 Å². The van der Waals surface area contributed by atoms with Gasteiger partial charge in [-0.2, -0.15) is 4.98 Å². The lowest BCUT2D eigenvalue weighted by molar-refractivity contribution is 0.333. The Morgan fingerprint density at radius 1 is 1.64 bits per heavy atom. The average molecular weight is 196 g/mol. The van der Waals surface area contributed by atoms with Crippen molar-refractivity contribution in [3.8, 4) is 0 Å². The highest BCUT2D eigenvalue weighted by atomic mass is 16.5. The van der Waals surface area contributed by atoms with Gasteiger partial charge in [0, 0.05) is 12.6 Å². The molecule has 2 heterocycles. The molecule has 0 aliphatic carbocycles. The summed E-state index contributed by atoms with van der Waals surface area (Å²) in [6, 6.07) is 0.538. The molecule has 0 bridgehead atoms. The number of nitrogens with one attached hydrogen (secondary N) is 2. The van der Waals surface area contributed by atoms with Gasteiger partial charge in [0.15, 0.2) is 5.82 Å². The summed E-state index contributed by atoms with van der Waals surface area (Å²) in [5.74, 6) is 1.37. The maximum absolute atomic E-state index is 5.01. The number of hydrogen-bond acceptors (Lipinski definition) is 5. The largest absolute Gasteiger partial charge is 0.338 e. The fraction of sp³-hybridized carbons (Fsp3) is 0.778. The van der Waals surface area contributed by atoms with Crippen LogP contribution in [0, 0.1) is 6.92 Å². The van der Waals surface area contributed by atoms with Gasteiger partial charge in [-0.1, -0.05) is 5.16 Å². The molecular weight excluding hydrogens is 180 g/mol. The molecule has 1 unspecified atom stereocenters. The van der Waals surface area contributed by atoms with E-state index in [-0.39, 0.29) is 0 Å². The second-order valence-corrected chi connectivity index (χ2v) is 3.66. The van der Waals surface area contributed by atoms with Crippen LogP contribution in [0.15, 0.2) is 4.52 Å². The first-order valence-electron chi connectivity index (χ1n) is 5.08. The van der Waals surface area contributed by atoms with Crippen molar-refractivity contribution in [3.05, 3.63) is 11.7 Å². The molecule has 1 fully saturated rings. The monoisotopic (exact) mass is 196 g/mol. The molecule has 78 valence electrons. The summed E-state index contributed by atoms with van der Waals surface area (Å²) < 4.78 is 5.01. The lowest BCUT2D eigenvalue weighted by atomic mass is 10.1. The maximum atomic E-state index is 5.01. The van der Waals surface area contributed by atoms with Crippen LogP contribution in [0.4, 0.5) is 0 Å². The molecule has 2 N–H and O–H groups in total. The van der Waals surface area contributed by atoms with Crippen LogP contribution in [0.25, 0.3) is 0 Å². The molecule has 5 heteroatoms. The topological polar surface area (TPSA) is 63.0 Å². The second kappa shape index (κ2) is 4.52. The molecule has 1 aliphatic rings. The molecule has 14 heavy (non-hydrogen) atoms. The molecule has 0 saturated carbocycles. The average Bonchev–Trinajstić information content (AvgIpc) is 2.63. The predicted octanol–water partition coefficient (Wildman–Crippen LogP) is 0.220. The quantitative estimate of drug-likeness (QED) is 0.724. The number of hydrogen-bond donors (Lipinski definition) is 2. The van der Waals surface area contributed by atoms with Crippen LogP contribution >= 0.6 is 0 Å². The van der Waals surface area contributed by atoms with E-state index < -0.39 is 0 Å². The van der Waals surface area contributed by atoms with Crippen molar-refractivity contribution in [1.29, 1.82) is 0 Å². The van der Waals surface area contributed by atoms with Crippen molar-refractivity contribution in [1.82, 2.24) is 20.8 Å². The highest BCUT2D eigenvalue weighted by molar-refractivity contribution is 4.84. The van der Waals surface area contributed by atoms with E-state index in [1.54, 1.807) is 0 Å². The Morgan fingerprint density at radius 2 is 2.57 bits per heavy atom. The lowest BCUT2D eigenvalue weighted by Gasteiger charge is -2.22. The van der Waals surface area contributed by atoms with E-state index in [1.165, 1.54) is 12.8 Å². The Balaban J connectivity index is 1.76. The number of aromatic nitrogens is 2. The Hall–Kier alpha value is -0.940. The van der Waals surface area contributed by atoms with Crippen LogP contribution in [-0.2, 0) is 6.54 Å². The van der Waals surface area contributed by atoms with E-state index in [2.05, 4.69) is 20.8 Å². The molecule has 0 radical (unpaired) electrons. The van der Waals surface area contributed by atoms with Crippen LogP contribution in [0.3, 0.4) is 0 Å². The van der Waals surface area contributed by atoms with E-state index in [4.69, 9.17) is 4.52 Å². The van der Waals surface area contributed by atoms with Gasteiger partial charge >= 0.3 is 0 Å². The first-order chi connectivity index (χ1) is 6.84. The van der Waals surface area contributed by atoms with Gasteiger partial charge < -0.3 is 15.2 Å². The summed E-state index contributed by atoms with van der Waals surface area (Å²) in [5, 5.41) is 10.5. The van der Waals surface area contributed by atoms with Crippen LogP contribution in [0.1, 0.15) is 24.6 Å². The van der Waals surface area contributed by atoms with Gasteiger partial charge in [0.25, 0.3) is 0 Å². The fourth-order valence-electron chi connectivity index (χ4n) is 1.67. The fourth-order valence-corrected chi connectivity index (χ4v) is 1.67. The van der Waals surface area contributed by atoms with Crippen LogP contribution in [-0.4, -0.2) is 29.3 Å². The Kier molecular flexibility index (Phi) is 3.10. The normalized spacial score (nSPS) is 22.5. The van der Waals surface area contributed by atoms with Crippen molar-refractivity contribution in [3.63, 3.8) is 0 Å². The Bertz CT molecular complexity index is 280. The molecule has 1 saturated heterocycles. The highest BCUT2D eigenvalue weighted by Gasteiger charge is 2.13. The number of aryl methyl sites for hydroxylation is 1. The summed E-state index contributed by atoms with van der Waals surface area (Å²) >= 11 is 0. The number of nitrogens with zero attached hydrogens (tertiary/aromatic N) is 2. The third-order valence-electron chi connectivity index (χ3n) is 2.41. The first-order valence-corrected chi connectivity index (χ1v) is 5.08. The second-order valence-electron chi connectivity index (χ2n) is 3.66. The van der Waals surface area contributed by atoms with Crippen molar-refractivity contribution in [2.45, 2.75) is 32.4 Å². The molecule has 1 atom stereocenters. The van der Waals surface area contributed by atoms with Gasteiger partial charge in [-0.3, -0.25) is 0 Å². The van der Waals surface area contributed by atoms with Crippen molar-refractivity contribution in [2.75, 3.05) is 13.1 Å². The van der Waals surface area contributed by atoms with Gasteiger partial charge in [0.2, 0.25) is 5.89 Å². The molecule has 0 amide bonds. The Labute approximate surface area is 83.3 Å². The van der Waals surface area contributed by atoms with Crippen LogP contribution in [0.5, 0.6) is 0 Å². The lowest BCUT2D eigenvalue weighted by Crippen LogP contribution is -2.42. The van der Waals surface area contributed by atoms with E-state index >= 15 is 0 Å². The van der Waals surface area contributed by atoms with Gasteiger partial charge in [0.05, 0.1) is 6.54 Å². The van der Waals surface area contributed by atoms with E-state index in [9.17, 15) is 0 Å². The van der Waals surface area contributed by atoms with E-state index in [0.717, 1.165) is 13.1 Å². The molecular formula is C9H16N4O. The zero-order valence-electron chi connectivity index (χ0n) is 8.42. The molecule has 0 aromatic carbocycles. The molecule has 5 nitrogen and oxygen atoms in total. The predicted molar refractivity (Wildman–Crippen MR) is 51.8 cm³/mol. The highest BCUT2D eigenvalue weighted by Crippen LogP contribution is 2.02. The van der Waals surface area contributed by atoms with Crippen LogP contribution < -0.4 is 10.6 Å². The molecule has 1 aromatic heterocycles. The molecule has 0 spiro atoms. The zero-order chi connectivity index (χ0) is 9.80. The minimum atomic E-state index is 0.538.